The molecular weight excluding hydrogens is 474 g/mol. The van der Waals surface area contributed by atoms with E-state index in [9.17, 15) is 8.42 Å². The molecule has 7 rings (SSSR count). The van der Waals surface area contributed by atoms with Gasteiger partial charge in [-0.25, -0.2) is 8.42 Å². The molecule has 1 aliphatic rings. The molecule has 37 heavy (non-hydrogen) atoms. The highest BCUT2D eigenvalue weighted by atomic mass is 32.2. The number of benzene rings is 6. The van der Waals surface area contributed by atoms with Crippen molar-refractivity contribution in [3.05, 3.63) is 126 Å². The maximum Gasteiger partial charge on any atom is 0.243 e. The van der Waals surface area contributed by atoms with Crippen molar-refractivity contribution in [3.63, 3.8) is 0 Å². The lowest BCUT2D eigenvalue weighted by Crippen LogP contribution is -2.25. The highest BCUT2D eigenvalue weighted by Crippen LogP contribution is 2.42. The third-order valence-electron chi connectivity index (χ3n) is 7.58. The fourth-order valence-electron chi connectivity index (χ4n) is 5.64. The van der Waals surface area contributed by atoms with Crippen molar-refractivity contribution in [3.8, 4) is 11.1 Å². The Hall–Kier alpha value is -3.99. The molecule has 6 aromatic rings. The molecule has 0 unspecified atom stereocenters. The lowest BCUT2D eigenvalue weighted by atomic mass is 9.89. The highest BCUT2D eigenvalue weighted by Gasteiger charge is 2.33. The van der Waals surface area contributed by atoms with Gasteiger partial charge in [0, 0.05) is 13.1 Å². The quantitative estimate of drug-likeness (QED) is 0.233. The molecule has 0 fully saturated rings. The average Bonchev–Trinajstić information content (AvgIpc) is 3.35. The third kappa shape index (κ3) is 3.64. The first-order chi connectivity index (χ1) is 18.0. The second-order valence-electron chi connectivity index (χ2n) is 9.96. The van der Waals surface area contributed by atoms with Gasteiger partial charge in [0.15, 0.2) is 0 Å². The van der Waals surface area contributed by atoms with Crippen molar-refractivity contribution >= 4 is 42.3 Å². The van der Waals surface area contributed by atoms with Crippen molar-refractivity contribution in [1.29, 1.82) is 0 Å². The highest BCUT2D eigenvalue weighted by molar-refractivity contribution is 7.89. The van der Waals surface area contributed by atoms with Crippen LogP contribution in [0.3, 0.4) is 0 Å². The molecule has 0 radical (unpaired) electrons. The first-order valence-electron chi connectivity index (χ1n) is 12.5. The number of rotatable bonds is 3. The van der Waals surface area contributed by atoms with Crippen LogP contribution >= 0.6 is 0 Å². The molecule has 0 saturated heterocycles. The van der Waals surface area contributed by atoms with Crippen molar-refractivity contribution in [2.45, 2.75) is 24.9 Å². The van der Waals surface area contributed by atoms with E-state index in [4.69, 9.17) is 0 Å². The molecule has 6 aromatic carbocycles. The van der Waals surface area contributed by atoms with E-state index in [1.54, 1.807) is 16.4 Å². The van der Waals surface area contributed by atoms with Crippen molar-refractivity contribution in [1.82, 2.24) is 4.31 Å². The minimum absolute atomic E-state index is 0.341. The molecule has 0 N–H and O–H groups in total. The molecule has 0 atom stereocenters. The lowest BCUT2D eigenvalue weighted by Gasteiger charge is -2.17. The van der Waals surface area contributed by atoms with E-state index in [0.717, 1.165) is 38.6 Å². The van der Waals surface area contributed by atoms with E-state index >= 15 is 0 Å². The minimum atomic E-state index is -3.62. The summed E-state index contributed by atoms with van der Waals surface area (Å²) in [5, 5.41) is 7.02. The van der Waals surface area contributed by atoms with E-state index in [1.807, 2.05) is 19.1 Å². The average molecular weight is 500 g/mol. The van der Waals surface area contributed by atoms with Crippen molar-refractivity contribution in [2.24, 2.45) is 0 Å². The van der Waals surface area contributed by atoms with Gasteiger partial charge in [0.2, 0.25) is 10.0 Å². The molecule has 1 aliphatic heterocycles. The van der Waals surface area contributed by atoms with Gasteiger partial charge in [0.1, 0.15) is 0 Å². The smallest absolute Gasteiger partial charge is 0.207 e. The molecule has 0 aliphatic carbocycles. The SMILES string of the molecule is Cc1ccc(S(=O)(=O)N2Cc3cc4cc5ccccc5cc4c(-c4ccc5ccccc5c4)c3C2)cc1. The Labute approximate surface area is 216 Å². The van der Waals surface area contributed by atoms with Crippen LogP contribution in [0.5, 0.6) is 0 Å². The van der Waals surface area contributed by atoms with E-state index in [1.165, 1.54) is 21.5 Å². The molecule has 3 nitrogen and oxygen atoms in total. The Bertz CT molecular complexity index is 1960. The van der Waals surface area contributed by atoms with Crippen LogP contribution in [0.4, 0.5) is 0 Å². The summed E-state index contributed by atoms with van der Waals surface area (Å²) < 4.78 is 28.9. The van der Waals surface area contributed by atoms with Gasteiger partial charge in [-0.05, 0) is 97.9 Å². The Balaban J connectivity index is 1.46. The molecule has 180 valence electrons. The Morgan fingerprint density at radius 1 is 0.622 bits per heavy atom. The molecule has 0 amide bonds. The van der Waals surface area contributed by atoms with Crippen molar-refractivity contribution < 1.29 is 8.42 Å². The fraction of sp³-hybridized carbons (Fsp3) is 0.0909. The largest absolute Gasteiger partial charge is 0.243 e. The van der Waals surface area contributed by atoms with E-state index in [-0.39, 0.29) is 0 Å². The van der Waals surface area contributed by atoms with Crippen LogP contribution in [-0.2, 0) is 23.1 Å². The summed E-state index contributed by atoms with van der Waals surface area (Å²) in [5.74, 6) is 0. The van der Waals surface area contributed by atoms with Crippen molar-refractivity contribution in [2.75, 3.05) is 0 Å². The van der Waals surface area contributed by atoms with E-state index in [2.05, 4.69) is 84.9 Å². The van der Waals surface area contributed by atoms with Crippen LogP contribution in [0.15, 0.2) is 114 Å². The number of hydrogen-bond acceptors (Lipinski definition) is 2. The molecule has 1 heterocycles. The summed E-state index contributed by atoms with van der Waals surface area (Å²) in [6.45, 7) is 2.69. The fourth-order valence-corrected chi connectivity index (χ4v) is 7.03. The molecular formula is C33H25NO2S. The Kier molecular flexibility index (Phi) is 4.97. The van der Waals surface area contributed by atoms with Gasteiger partial charge in [-0.3, -0.25) is 0 Å². The summed E-state index contributed by atoms with van der Waals surface area (Å²) in [7, 11) is -3.62. The number of sulfonamides is 1. The third-order valence-corrected chi connectivity index (χ3v) is 9.39. The van der Waals surface area contributed by atoms with Gasteiger partial charge in [-0.1, -0.05) is 78.4 Å². The molecule has 0 saturated carbocycles. The van der Waals surface area contributed by atoms with Gasteiger partial charge in [-0.2, -0.15) is 4.31 Å². The first-order valence-corrected chi connectivity index (χ1v) is 13.9. The van der Waals surface area contributed by atoms with Gasteiger partial charge in [0.25, 0.3) is 0 Å². The van der Waals surface area contributed by atoms with E-state index < -0.39 is 10.0 Å². The summed E-state index contributed by atoms with van der Waals surface area (Å²) in [4.78, 5) is 0.341. The van der Waals surface area contributed by atoms with Gasteiger partial charge >= 0.3 is 0 Å². The molecule has 4 heteroatoms. The summed E-state index contributed by atoms with van der Waals surface area (Å²) in [6, 6.07) is 37.1. The standard InChI is InChI=1S/C33H25NO2S/c1-22-10-14-30(15-11-22)37(35,36)34-20-29-18-28-17-25-8-4-5-9-26(25)19-31(28)33(32(29)21-34)27-13-12-23-6-2-3-7-24(23)16-27/h2-19H,20-21H2,1H3. The first kappa shape index (κ1) is 22.2. The number of aryl methyl sites for hydroxylation is 1. The second-order valence-corrected chi connectivity index (χ2v) is 11.9. The van der Waals surface area contributed by atoms with E-state index in [0.29, 0.717) is 18.0 Å². The van der Waals surface area contributed by atoms with Gasteiger partial charge in [0.05, 0.1) is 4.90 Å². The monoisotopic (exact) mass is 499 g/mol. The van der Waals surface area contributed by atoms with Gasteiger partial charge < -0.3 is 0 Å². The second kappa shape index (κ2) is 8.27. The predicted molar refractivity (Wildman–Crippen MR) is 152 cm³/mol. The van der Waals surface area contributed by atoms with Crippen LogP contribution < -0.4 is 0 Å². The number of nitrogens with zero attached hydrogens (tertiary/aromatic N) is 1. The van der Waals surface area contributed by atoms with Crippen LogP contribution in [0.1, 0.15) is 16.7 Å². The van der Waals surface area contributed by atoms with Crippen LogP contribution in [0.2, 0.25) is 0 Å². The summed E-state index contributed by atoms with van der Waals surface area (Å²) >= 11 is 0. The predicted octanol–water partition coefficient (Wildman–Crippen LogP) is 7.83. The Morgan fingerprint density at radius 2 is 1.27 bits per heavy atom. The van der Waals surface area contributed by atoms with Crippen LogP contribution in [0, 0.1) is 6.92 Å². The van der Waals surface area contributed by atoms with Crippen LogP contribution in [-0.4, -0.2) is 12.7 Å². The minimum Gasteiger partial charge on any atom is -0.207 e. The van der Waals surface area contributed by atoms with Gasteiger partial charge in [-0.15, -0.1) is 0 Å². The molecule has 0 bridgehead atoms. The lowest BCUT2D eigenvalue weighted by molar-refractivity contribution is 0.432. The molecule has 0 spiro atoms. The number of hydrogen-bond donors (Lipinski definition) is 0. The maximum atomic E-state index is 13.6. The zero-order valence-corrected chi connectivity index (χ0v) is 21.3. The van der Waals surface area contributed by atoms with Crippen LogP contribution in [0.25, 0.3) is 43.4 Å². The number of fused-ring (bicyclic) bond motifs is 4. The Morgan fingerprint density at radius 3 is 2.00 bits per heavy atom. The maximum absolute atomic E-state index is 13.6. The summed E-state index contributed by atoms with van der Waals surface area (Å²) in [6.07, 6.45) is 0. The normalized spacial score (nSPS) is 14.0. The molecule has 0 aromatic heterocycles. The zero-order chi connectivity index (χ0) is 25.1. The zero-order valence-electron chi connectivity index (χ0n) is 20.5. The summed E-state index contributed by atoms with van der Waals surface area (Å²) in [5.41, 5.74) is 5.45. The topological polar surface area (TPSA) is 37.4 Å².